The van der Waals surface area contributed by atoms with Crippen molar-refractivity contribution in [3.05, 3.63) is 69.8 Å². The van der Waals surface area contributed by atoms with Crippen LogP contribution in [0.15, 0.2) is 36.4 Å². The van der Waals surface area contributed by atoms with Crippen molar-refractivity contribution < 1.29 is 14.0 Å². The summed E-state index contributed by atoms with van der Waals surface area (Å²) in [5.41, 5.74) is 4.51. The zero-order valence-corrected chi connectivity index (χ0v) is 20.9. The maximum atomic E-state index is 15.6. The Hall–Kier alpha value is -3.24. The highest BCUT2D eigenvalue weighted by molar-refractivity contribution is 6.01. The second-order valence-corrected chi connectivity index (χ2v) is 9.00. The van der Waals surface area contributed by atoms with Gasteiger partial charge < -0.3 is 4.90 Å². The molecule has 1 aliphatic heterocycles. The summed E-state index contributed by atoms with van der Waals surface area (Å²) >= 11 is 0. The predicted molar refractivity (Wildman–Crippen MR) is 134 cm³/mol. The van der Waals surface area contributed by atoms with E-state index >= 15 is 4.39 Å². The minimum atomic E-state index is -1.53. The molecule has 1 aliphatic carbocycles. The molecule has 2 aliphatic rings. The summed E-state index contributed by atoms with van der Waals surface area (Å²) in [5, 5.41) is 8.96. The van der Waals surface area contributed by atoms with Crippen LogP contribution in [0.1, 0.15) is 102 Å². The molecular formula is C28H35FN4O2. The van der Waals surface area contributed by atoms with Crippen LogP contribution < -0.4 is 11.3 Å². The number of nitrogens with one attached hydrogen (secondary N) is 1. The molecule has 35 heavy (non-hydrogen) atoms. The van der Waals surface area contributed by atoms with Crippen LogP contribution in [0.2, 0.25) is 0 Å². The number of likely N-dealkylation sites (tertiary alicyclic amines) is 1. The van der Waals surface area contributed by atoms with Crippen LogP contribution in [0.4, 0.5) is 4.39 Å². The van der Waals surface area contributed by atoms with E-state index in [9.17, 15) is 9.59 Å². The molecule has 1 saturated heterocycles. The van der Waals surface area contributed by atoms with E-state index in [4.69, 9.17) is 11.1 Å². The van der Waals surface area contributed by atoms with E-state index in [1.807, 2.05) is 32.9 Å². The summed E-state index contributed by atoms with van der Waals surface area (Å²) in [4.78, 5) is 27.6. The lowest BCUT2D eigenvalue weighted by atomic mass is 9.76. The number of hydrazine groups is 1. The Balaban J connectivity index is 0.00000167. The van der Waals surface area contributed by atoms with E-state index < -0.39 is 11.6 Å². The highest BCUT2D eigenvalue weighted by Gasteiger charge is 2.38. The molecule has 0 spiro atoms. The van der Waals surface area contributed by atoms with Crippen molar-refractivity contribution in [1.29, 1.82) is 5.26 Å². The van der Waals surface area contributed by atoms with Gasteiger partial charge in [0.05, 0.1) is 11.6 Å². The molecule has 4 rings (SSSR count). The van der Waals surface area contributed by atoms with Gasteiger partial charge >= 0.3 is 0 Å². The number of halogens is 1. The lowest BCUT2D eigenvalue weighted by molar-refractivity contribution is 0.0420. The van der Waals surface area contributed by atoms with Gasteiger partial charge in [-0.25, -0.2) is 10.2 Å². The number of benzene rings is 2. The highest BCUT2D eigenvalue weighted by Crippen LogP contribution is 2.40. The number of alkyl halides is 1. The van der Waals surface area contributed by atoms with Crippen LogP contribution in [0.5, 0.6) is 0 Å². The summed E-state index contributed by atoms with van der Waals surface area (Å²) in [6, 6.07) is 12.3. The topological polar surface area (TPSA) is 99.2 Å². The summed E-state index contributed by atoms with van der Waals surface area (Å²) in [6.07, 6.45) is 4.22. The van der Waals surface area contributed by atoms with E-state index in [1.54, 1.807) is 35.2 Å². The van der Waals surface area contributed by atoms with Crippen molar-refractivity contribution in [3.63, 3.8) is 0 Å². The molecule has 2 aromatic rings. The van der Waals surface area contributed by atoms with Crippen molar-refractivity contribution in [2.45, 2.75) is 70.9 Å². The standard InChI is InChI=1S/C26H29FN4O2.C2H6/c1-2-18-14-21(19-4-3-5-19)23(24(32)30-29)15-22(18)25(33)31-12-10-26(27,11-13-31)20-8-6-17(16-28)7-9-20;1-2/h6-9,14-15,19H,2-5,10-13,29H2,1H3,(H,30,32);1-2H3. The number of hydrogen-bond acceptors (Lipinski definition) is 4. The number of carbonyl (C=O) groups is 2. The second kappa shape index (κ2) is 11.5. The van der Waals surface area contributed by atoms with Crippen molar-refractivity contribution in [1.82, 2.24) is 10.3 Å². The monoisotopic (exact) mass is 478 g/mol. The normalized spacial score (nSPS) is 16.9. The average Bonchev–Trinajstić information content (AvgIpc) is 2.88. The van der Waals surface area contributed by atoms with E-state index in [-0.39, 0.29) is 31.8 Å². The zero-order valence-electron chi connectivity index (χ0n) is 20.9. The third-order valence-electron chi connectivity index (χ3n) is 7.18. The lowest BCUT2D eigenvalue weighted by Crippen LogP contribution is -2.43. The second-order valence-electron chi connectivity index (χ2n) is 9.00. The third kappa shape index (κ3) is 5.38. The summed E-state index contributed by atoms with van der Waals surface area (Å²) in [7, 11) is 0. The van der Waals surface area contributed by atoms with E-state index in [2.05, 4.69) is 5.43 Å². The molecule has 7 heteroatoms. The van der Waals surface area contributed by atoms with E-state index in [0.717, 1.165) is 30.4 Å². The van der Waals surface area contributed by atoms with Crippen LogP contribution in [0.3, 0.4) is 0 Å². The fourth-order valence-electron chi connectivity index (χ4n) is 4.85. The van der Waals surface area contributed by atoms with Gasteiger partial charge in [0.1, 0.15) is 5.67 Å². The number of nitriles is 1. The number of aryl methyl sites for hydroxylation is 1. The first kappa shape index (κ1) is 26.4. The molecule has 1 heterocycles. The minimum absolute atomic E-state index is 0.181. The Labute approximate surface area is 207 Å². The summed E-state index contributed by atoms with van der Waals surface area (Å²) in [6.45, 7) is 6.55. The van der Waals surface area contributed by atoms with E-state index in [1.165, 1.54) is 0 Å². The molecule has 1 saturated carbocycles. The Kier molecular flexibility index (Phi) is 8.63. The van der Waals surface area contributed by atoms with Crippen LogP contribution >= 0.6 is 0 Å². The van der Waals surface area contributed by atoms with Gasteiger partial charge in [-0.2, -0.15) is 5.26 Å². The smallest absolute Gasteiger partial charge is 0.265 e. The van der Waals surface area contributed by atoms with E-state index in [0.29, 0.717) is 34.6 Å². The van der Waals surface area contributed by atoms with Gasteiger partial charge in [-0.1, -0.05) is 45.4 Å². The van der Waals surface area contributed by atoms with Gasteiger partial charge in [0, 0.05) is 37.1 Å². The number of nitrogens with zero attached hydrogens (tertiary/aromatic N) is 2. The molecule has 0 bridgehead atoms. The van der Waals surface area contributed by atoms with Crippen molar-refractivity contribution in [2.75, 3.05) is 13.1 Å². The van der Waals surface area contributed by atoms with Gasteiger partial charge in [0.15, 0.2) is 0 Å². The van der Waals surface area contributed by atoms with Gasteiger partial charge in [0.25, 0.3) is 11.8 Å². The minimum Gasteiger partial charge on any atom is -0.338 e. The molecule has 0 atom stereocenters. The number of rotatable bonds is 5. The lowest BCUT2D eigenvalue weighted by Gasteiger charge is -2.37. The van der Waals surface area contributed by atoms with Gasteiger partial charge in [-0.15, -0.1) is 0 Å². The first-order chi connectivity index (χ1) is 16.9. The molecule has 2 fully saturated rings. The first-order valence-corrected chi connectivity index (χ1v) is 12.6. The Morgan fingerprint density at radius 3 is 2.26 bits per heavy atom. The third-order valence-corrected chi connectivity index (χ3v) is 7.18. The fraction of sp³-hybridized carbons (Fsp3) is 0.464. The first-order valence-electron chi connectivity index (χ1n) is 12.6. The number of piperidine rings is 1. The van der Waals surface area contributed by atoms with Crippen LogP contribution in [0.25, 0.3) is 0 Å². The Morgan fingerprint density at radius 1 is 1.14 bits per heavy atom. The van der Waals surface area contributed by atoms with Crippen molar-refractivity contribution in [3.8, 4) is 6.07 Å². The van der Waals surface area contributed by atoms with Crippen LogP contribution in [-0.2, 0) is 12.1 Å². The average molecular weight is 479 g/mol. The molecule has 0 radical (unpaired) electrons. The largest absolute Gasteiger partial charge is 0.338 e. The number of nitrogens with two attached hydrogens (primary N) is 1. The number of hydrogen-bond donors (Lipinski definition) is 2. The molecule has 3 N–H and O–H groups in total. The van der Waals surface area contributed by atoms with Crippen molar-refractivity contribution in [2.24, 2.45) is 5.84 Å². The van der Waals surface area contributed by atoms with Gasteiger partial charge in [-0.05, 0) is 60.1 Å². The van der Waals surface area contributed by atoms with Crippen LogP contribution in [0, 0.1) is 11.3 Å². The number of amides is 2. The summed E-state index contributed by atoms with van der Waals surface area (Å²) in [5.74, 6) is 5.17. The molecule has 186 valence electrons. The molecule has 2 amide bonds. The predicted octanol–water partition coefficient (Wildman–Crippen LogP) is 5.12. The maximum Gasteiger partial charge on any atom is 0.265 e. The van der Waals surface area contributed by atoms with Gasteiger partial charge in [0.2, 0.25) is 0 Å². The molecular weight excluding hydrogens is 443 g/mol. The highest BCUT2D eigenvalue weighted by atomic mass is 19.1. The summed E-state index contributed by atoms with van der Waals surface area (Å²) < 4.78 is 15.6. The quantitative estimate of drug-likeness (QED) is 0.354. The Bertz CT molecular complexity index is 1100. The van der Waals surface area contributed by atoms with Gasteiger partial charge in [-0.3, -0.25) is 15.0 Å². The molecule has 0 unspecified atom stereocenters. The molecule has 0 aromatic heterocycles. The number of nitrogen functional groups attached to an aromatic ring is 1. The zero-order chi connectivity index (χ0) is 25.6. The molecule has 6 nitrogen and oxygen atoms in total. The fourth-order valence-corrected chi connectivity index (χ4v) is 4.85. The molecule has 2 aromatic carbocycles. The Morgan fingerprint density at radius 2 is 1.77 bits per heavy atom. The SMILES string of the molecule is CC.CCc1cc(C2CCC2)c(C(=O)NN)cc1C(=O)N1CCC(F)(c2ccc(C#N)cc2)CC1. The van der Waals surface area contributed by atoms with Crippen LogP contribution in [-0.4, -0.2) is 29.8 Å². The van der Waals surface area contributed by atoms with Crippen molar-refractivity contribution >= 4 is 11.8 Å². The maximum absolute atomic E-state index is 15.6. The number of carbonyl (C=O) groups excluding carboxylic acids is 2.